The molecule has 1 rings (SSSR count). The van der Waals surface area contributed by atoms with E-state index in [9.17, 15) is 0 Å². The predicted octanol–water partition coefficient (Wildman–Crippen LogP) is 0.417. The lowest BCUT2D eigenvalue weighted by molar-refractivity contribution is -0.145. The third kappa shape index (κ3) is 1.46. The molecule has 0 amide bonds. The average Bonchev–Trinajstić information content (AvgIpc) is 2.53. The maximum atomic E-state index is 8.90. The van der Waals surface area contributed by atoms with Crippen molar-refractivity contribution in [3.63, 3.8) is 0 Å². The van der Waals surface area contributed by atoms with Gasteiger partial charge in [0.2, 0.25) is 11.7 Å². The van der Waals surface area contributed by atoms with Gasteiger partial charge < -0.3 is 15.2 Å². The van der Waals surface area contributed by atoms with Gasteiger partial charge in [0, 0.05) is 14.0 Å². The normalized spacial score (nSPS) is 23.1. The van der Waals surface area contributed by atoms with Gasteiger partial charge in [-0.1, -0.05) is 0 Å². The molecule has 0 radical (unpaired) electrons. The lowest BCUT2D eigenvalue weighted by atomic mass is 9.97. The Morgan fingerprint density at radius 2 is 1.94 bits per heavy atom. The van der Waals surface area contributed by atoms with Crippen LogP contribution in [0.15, 0.2) is 22.6 Å². The number of ether oxygens (including phenoxy) is 2. The number of hydrogen-bond donors (Lipinski definition) is 1. The molecular weight excluding hydrogens is 208 g/mol. The smallest absolute Gasteiger partial charge is 0.239 e. The Labute approximate surface area is 92.4 Å². The van der Waals surface area contributed by atoms with E-state index in [-0.39, 0.29) is 22.6 Å². The highest BCUT2D eigenvalue weighted by Crippen LogP contribution is 2.39. The summed E-state index contributed by atoms with van der Waals surface area (Å²) < 4.78 is 10.2. The van der Waals surface area contributed by atoms with Gasteiger partial charge in [-0.05, 0) is 0 Å². The molecule has 0 aromatic carbocycles. The molecule has 1 atom stereocenters. The van der Waals surface area contributed by atoms with Crippen LogP contribution in [0, 0.1) is 34.0 Å². The quantitative estimate of drug-likeness (QED) is 0.635. The van der Waals surface area contributed by atoms with Gasteiger partial charge in [0.05, 0.1) is 5.57 Å². The van der Waals surface area contributed by atoms with E-state index in [1.54, 1.807) is 18.2 Å². The first kappa shape index (κ1) is 11.6. The summed E-state index contributed by atoms with van der Waals surface area (Å²) in [6, 6.07) is 5.16. The summed E-state index contributed by atoms with van der Waals surface area (Å²) in [4.78, 5) is 0. The Bertz CT molecular complexity index is 496. The van der Waals surface area contributed by atoms with Crippen LogP contribution in [-0.4, -0.2) is 12.9 Å². The van der Waals surface area contributed by atoms with Crippen LogP contribution in [0.25, 0.3) is 0 Å². The molecule has 2 N–H and O–H groups in total. The topological polar surface area (TPSA) is 116 Å². The molecule has 1 aliphatic rings. The van der Waals surface area contributed by atoms with Gasteiger partial charge in [0.25, 0.3) is 0 Å². The van der Waals surface area contributed by atoms with Crippen LogP contribution < -0.4 is 5.73 Å². The van der Waals surface area contributed by atoms with Crippen LogP contribution in [0.4, 0.5) is 0 Å². The Balaban J connectivity index is 3.55. The van der Waals surface area contributed by atoms with Gasteiger partial charge in [-0.3, -0.25) is 0 Å². The van der Waals surface area contributed by atoms with E-state index in [2.05, 4.69) is 0 Å². The predicted molar refractivity (Wildman–Crippen MR) is 51.6 cm³/mol. The third-order valence-corrected chi connectivity index (χ3v) is 2.23. The summed E-state index contributed by atoms with van der Waals surface area (Å²) in [7, 11) is 1.33. The van der Waals surface area contributed by atoms with Crippen LogP contribution in [0.5, 0.6) is 0 Å². The second-order valence-corrected chi connectivity index (χ2v) is 3.08. The van der Waals surface area contributed by atoms with Gasteiger partial charge in [0.1, 0.15) is 29.4 Å². The molecule has 16 heavy (non-hydrogen) atoms. The second kappa shape index (κ2) is 3.94. The Morgan fingerprint density at radius 3 is 2.31 bits per heavy atom. The zero-order valence-corrected chi connectivity index (χ0v) is 8.74. The van der Waals surface area contributed by atoms with Crippen LogP contribution in [0.3, 0.4) is 0 Å². The summed E-state index contributed by atoms with van der Waals surface area (Å²) in [5.74, 6) is -1.51. The SMILES string of the molecule is CO[C@@]1(C)OC(N)=C(C#N)C1=C(C#N)C#N. The van der Waals surface area contributed by atoms with Crippen LogP contribution in [0.2, 0.25) is 0 Å². The second-order valence-electron chi connectivity index (χ2n) is 3.08. The van der Waals surface area contributed by atoms with E-state index in [0.29, 0.717) is 0 Å². The van der Waals surface area contributed by atoms with Crippen molar-refractivity contribution in [1.29, 1.82) is 15.8 Å². The average molecular weight is 216 g/mol. The molecule has 1 aliphatic heterocycles. The van der Waals surface area contributed by atoms with Crippen molar-refractivity contribution in [3.8, 4) is 18.2 Å². The van der Waals surface area contributed by atoms with E-state index >= 15 is 0 Å². The molecule has 0 aliphatic carbocycles. The number of rotatable bonds is 1. The molecular formula is C10H8N4O2. The largest absolute Gasteiger partial charge is 0.442 e. The monoisotopic (exact) mass is 216 g/mol. The molecule has 1 heterocycles. The highest BCUT2D eigenvalue weighted by molar-refractivity contribution is 5.59. The molecule has 0 unspecified atom stereocenters. The van der Waals surface area contributed by atoms with Crippen LogP contribution in [-0.2, 0) is 9.47 Å². The fourth-order valence-electron chi connectivity index (χ4n) is 1.41. The van der Waals surface area contributed by atoms with E-state index < -0.39 is 5.79 Å². The molecule has 0 fully saturated rings. The van der Waals surface area contributed by atoms with Crippen molar-refractivity contribution < 1.29 is 9.47 Å². The number of nitriles is 3. The minimum Gasteiger partial charge on any atom is -0.442 e. The van der Waals surface area contributed by atoms with E-state index in [0.717, 1.165) is 0 Å². The van der Waals surface area contributed by atoms with Crippen molar-refractivity contribution in [1.82, 2.24) is 0 Å². The number of hydrogen-bond acceptors (Lipinski definition) is 6. The minimum atomic E-state index is -1.37. The van der Waals surface area contributed by atoms with Crippen molar-refractivity contribution in [3.05, 3.63) is 22.6 Å². The highest BCUT2D eigenvalue weighted by atomic mass is 16.7. The zero-order valence-electron chi connectivity index (χ0n) is 8.74. The number of nitrogens with zero attached hydrogens (tertiary/aromatic N) is 3. The third-order valence-electron chi connectivity index (χ3n) is 2.23. The lowest BCUT2D eigenvalue weighted by Crippen LogP contribution is -2.30. The molecule has 0 aromatic heterocycles. The van der Waals surface area contributed by atoms with Gasteiger partial charge in [-0.15, -0.1) is 0 Å². The molecule has 0 saturated heterocycles. The van der Waals surface area contributed by atoms with Gasteiger partial charge >= 0.3 is 0 Å². The van der Waals surface area contributed by atoms with Crippen LogP contribution in [0.1, 0.15) is 6.92 Å². The fraction of sp³-hybridized carbons (Fsp3) is 0.300. The summed E-state index contributed by atoms with van der Waals surface area (Å²) in [6.07, 6.45) is 0. The van der Waals surface area contributed by atoms with Crippen molar-refractivity contribution in [2.45, 2.75) is 12.7 Å². The van der Waals surface area contributed by atoms with Crippen molar-refractivity contribution in [2.75, 3.05) is 7.11 Å². The first-order valence-corrected chi connectivity index (χ1v) is 4.23. The minimum absolute atomic E-state index is 0.0394. The summed E-state index contributed by atoms with van der Waals surface area (Å²) in [6.45, 7) is 1.48. The maximum Gasteiger partial charge on any atom is 0.239 e. The van der Waals surface area contributed by atoms with Crippen molar-refractivity contribution >= 4 is 0 Å². The number of allylic oxidation sites excluding steroid dienone is 1. The van der Waals surface area contributed by atoms with E-state index in [4.69, 9.17) is 31.0 Å². The summed E-state index contributed by atoms with van der Waals surface area (Å²) in [5, 5.41) is 26.5. The van der Waals surface area contributed by atoms with Gasteiger partial charge in [-0.2, -0.15) is 15.8 Å². The summed E-state index contributed by atoms with van der Waals surface area (Å²) in [5.41, 5.74) is 5.26. The van der Waals surface area contributed by atoms with Crippen LogP contribution >= 0.6 is 0 Å². The molecule has 6 heteroatoms. The molecule has 80 valence electrons. The molecule has 0 saturated carbocycles. The first-order valence-electron chi connectivity index (χ1n) is 4.23. The molecule has 6 nitrogen and oxygen atoms in total. The van der Waals surface area contributed by atoms with E-state index in [1.165, 1.54) is 14.0 Å². The Morgan fingerprint density at radius 1 is 1.38 bits per heavy atom. The summed E-state index contributed by atoms with van der Waals surface area (Å²) >= 11 is 0. The molecule has 0 bridgehead atoms. The van der Waals surface area contributed by atoms with Crippen molar-refractivity contribution in [2.24, 2.45) is 5.73 Å². The molecule has 0 spiro atoms. The number of nitrogens with two attached hydrogens (primary N) is 1. The number of methoxy groups -OCH3 is 1. The maximum absolute atomic E-state index is 8.90. The van der Waals surface area contributed by atoms with Gasteiger partial charge in [-0.25, -0.2) is 0 Å². The Kier molecular flexibility index (Phi) is 2.85. The molecule has 0 aromatic rings. The van der Waals surface area contributed by atoms with Gasteiger partial charge in [0.15, 0.2) is 0 Å². The fourth-order valence-corrected chi connectivity index (χ4v) is 1.41. The Hall–Kier alpha value is -2.49. The first-order chi connectivity index (χ1) is 7.53. The highest BCUT2D eigenvalue weighted by Gasteiger charge is 2.44. The zero-order chi connectivity index (χ0) is 12.3. The standard InChI is InChI=1S/C10H8N4O2/c1-10(15-2)8(6(3-11)4-12)7(5-13)9(14)16-10/h14H2,1-2H3/t10-/m0/s1. The van der Waals surface area contributed by atoms with E-state index in [1.807, 2.05) is 0 Å². The lowest BCUT2D eigenvalue weighted by Gasteiger charge is -2.23.